The molecule has 1 amide bonds. The molecule has 0 atom stereocenters. The fourth-order valence-electron chi connectivity index (χ4n) is 2.97. The van der Waals surface area contributed by atoms with Crippen molar-refractivity contribution in [2.24, 2.45) is 0 Å². The van der Waals surface area contributed by atoms with Crippen molar-refractivity contribution in [1.82, 2.24) is 4.90 Å². The van der Waals surface area contributed by atoms with Gasteiger partial charge in [-0.05, 0) is 30.5 Å². The highest BCUT2D eigenvalue weighted by atomic mass is 32.2. The van der Waals surface area contributed by atoms with Crippen LogP contribution in [0.5, 0.6) is 5.75 Å². The van der Waals surface area contributed by atoms with E-state index in [1.54, 1.807) is 17.0 Å². The van der Waals surface area contributed by atoms with Crippen molar-refractivity contribution in [3.63, 3.8) is 0 Å². The van der Waals surface area contributed by atoms with Gasteiger partial charge < -0.3 is 14.5 Å². The van der Waals surface area contributed by atoms with Crippen molar-refractivity contribution in [3.8, 4) is 5.75 Å². The van der Waals surface area contributed by atoms with Crippen molar-refractivity contribution < 1.29 is 14.5 Å². The summed E-state index contributed by atoms with van der Waals surface area (Å²) >= 11 is 1.41. The number of thioether (sulfide) groups is 1. The zero-order valence-electron chi connectivity index (χ0n) is 15.0. The Kier molecular flexibility index (Phi) is 6.18. The SMILES string of the molecule is CSc1ccc(OCC(=O)N2CCN(c3ccccc3)CC2)c([N+](=O)[O-])c1. The molecule has 1 aliphatic rings. The van der Waals surface area contributed by atoms with Crippen LogP contribution >= 0.6 is 11.8 Å². The van der Waals surface area contributed by atoms with Crippen molar-refractivity contribution in [2.45, 2.75) is 4.90 Å². The van der Waals surface area contributed by atoms with Gasteiger partial charge in [-0.2, -0.15) is 0 Å². The summed E-state index contributed by atoms with van der Waals surface area (Å²) < 4.78 is 5.47. The summed E-state index contributed by atoms with van der Waals surface area (Å²) in [5.74, 6) is -0.0416. The Bertz CT molecular complexity index is 808. The number of carbonyl (C=O) groups is 1. The number of hydrogen-bond acceptors (Lipinski definition) is 6. The predicted octanol–water partition coefficient (Wildman–Crippen LogP) is 3.04. The van der Waals surface area contributed by atoms with Crippen molar-refractivity contribution in [2.75, 3.05) is 43.9 Å². The quantitative estimate of drug-likeness (QED) is 0.431. The Morgan fingerprint density at radius 3 is 2.48 bits per heavy atom. The van der Waals surface area contributed by atoms with E-state index in [0.717, 1.165) is 23.7 Å². The summed E-state index contributed by atoms with van der Waals surface area (Å²) in [5, 5.41) is 11.2. The molecule has 1 fully saturated rings. The minimum atomic E-state index is -0.488. The Morgan fingerprint density at radius 1 is 1.15 bits per heavy atom. The Labute approximate surface area is 162 Å². The van der Waals surface area contributed by atoms with Crippen LogP contribution in [0.2, 0.25) is 0 Å². The van der Waals surface area contributed by atoms with Crippen LogP contribution in [-0.2, 0) is 4.79 Å². The zero-order valence-corrected chi connectivity index (χ0v) is 15.9. The molecule has 0 saturated carbocycles. The highest BCUT2D eigenvalue weighted by molar-refractivity contribution is 7.98. The number of carbonyl (C=O) groups excluding carboxylic acids is 1. The van der Waals surface area contributed by atoms with Crippen LogP contribution in [0.15, 0.2) is 53.4 Å². The van der Waals surface area contributed by atoms with Gasteiger partial charge in [0.2, 0.25) is 0 Å². The van der Waals surface area contributed by atoms with Crippen LogP contribution < -0.4 is 9.64 Å². The fraction of sp³-hybridized carbons (Fsp3) is 0.316. The Hall–Kier alpha value is -2.74. The number of piperazine rings is 1. The molecule has 0 spiro atoms. The average molecular weight is 387 g/mol. The first kappa shape index (κ1) is 19.0. The molecule has 3 rings (SSSR count). The number of ether oxygens (including phenoxy) is 1. The maximum Gasteiger partial charge on any atom is 0.312 e. The summed E-state index contributed by atoms with van der Waals surface area (Å²) in [6.07, 6.45) is 1.85. The van der Waals surface area contributed by atoms with Crippen LogP contribution in [0.25, 0.3) is 0 Å². The second-order valence-corrected chi connectivity index (χ2v) is 6.96. The molecular weight excluding hydrogens is 366 g/mol. The molecule has 8 heteroatoms. The number of benzene rings is 2. The molecule has 142 valence electrons. The van der Waals surface area contributed by atoms with Crippen LogP contribution in [0.4, 0.5) is 11.4 Å². The standard InChI is InChI=1S/C19H21N3O4S/c1-27-16-7-8-18(17(13-16)22(24)25)26-14-19(23)21-11-9-20(10-12-21)15-5-3-2-4-6-15/h2-8,13H,9-12,14H2,1H3. The minimum absolute atomic E-state index is 0.120. The first-order valence-corrected chi connectivity index (χ1v) is 9.84. The first-order valence-electron chi connectivity index (χ1n) is 8.61. The molecular formula is C19H21N3O4S. The van der Waals surface area contributed by atoms with E-state index < -0.39 is 4.92 Å². The molecule has 0 aromatic heterocycles. The van der Waals surface area contributed by atoms with Gasteiger partial charge in [0.25, 0.3) is 5.91 Å². The lowest BCUT2D eigenvalue weighted by molar-refractivity contribution is -0.386. The number of nitro groups is 1. The lowest BCUT2D eigenvalue weighted by Crippen LogP contribution is -2.50. The van der Waals surface area contributed by atoms with E-state index in [1.807, 2.05) is 24.5 Å². The molecule has 7 nitrogen and oxygen atoms in total. The van der Waals surface area contributed by atoms with Crippen molar-refractivity contribution in [1.29, 1.82) is 0 Å². The smallest absolute Gasteiger partial charge is 0.312 e. The summed E-state index contributed by atoms with van der Waals surface area (Å²) in [6, 6.07) is 14.8. The van der Waals surface area contributed by atoms with Crippen molar-refractivity contribution >= 4 is 29.0 Å². The number of nitrogens with zero attached hydrogens (tertiary/aromatic N) is 3. The molecule has 0 unspecified atom stereocenters. The number of para-hydroxylation sites is 1. The van der Waals surface area contributed by atoms with Gasteiger partial charge in [0.05, 0.1) is 4.92 Å². The normalized spacial score (nSPS) is 14.1. The monoisotopic (exact) mass is 387 g/mol. The maximum absolute atomic E-state index is 12.4. The third-order valence-corrected chi connectivity index (χ3v) is 5.19. The second-order valence-electron chi connectivity index (χ2n) is 6.08. The van der Waals surface area contributed by atoms with Gasteiger partial charge in [0.15, 0.2) is 12.4 Å². The van der Waals surface area contributed by atoms with Gasteiger partial charge in [-0.15, -0.1) is 11.8 Å². The summed E-state index contributed by atoms with van der Waals surface area (Å²) in [5.41, 5.74) is 1.02. The molecule has 0 radical (unpaired) electrons. The molecule has 2 aromatic carbocycles. The molecule has 0 bridgehead atoms. The Balaban J connectivity index is 1.55. The molecule has 1 heterocycles. The highest BCUT2D eigenvalue weighted by Gasteiger charge is 2.23. The summed E-state index contributed by atoms with van der Waals surface area (Å²) in [6.45, 7) is 2.50. The lowest BCUT2D eigenvalue weighted by Gasteiger charge is -2.36. The van der Waals surface area contributed by atoms with E-state index >= 15 is 0 Å². The van der Waals surface area contributed by atoms with E-state index in [9.17, 15) is 14.9 Å². The largest absolute Gasteiger partial charge is 0.477 e. The van der Waals surface area contributed by atoms with E-state index in [1.165, 1.54) is 17.8 Å². The van der Waals surface area contributed by atoms with Crippen LogP contribution in [-0.4, -0.2) is 54.8 Å². The average Bonchev–Trinajstić information content (AvgIpc) is 2.72. The first-order chi connectivity index (χ1) is 13.1. The van der Waals surface area contributed by atoms with E-state index in [0.29, 0.717) is 13.1 Å². The molecule has 27 heavy (non-hydrogen) atoms. The van der Waals surface area contributed by atoms with Gasteiger partial charge in [-0.25, -0.2) is 0 Å². The molecule has 1 aliphatic heterocycles. The molecule has 0 aliphatic carbocycles. The Morgan fingerprint density at radius 2 is 1.85 bits per heavy atom. The van der Waals surface area contributed by atoms with Crippen LogP contribution in [0.1, 0.15) is 0 Å². The fourth-order valence-corrected chi connectivity index (χ4v) is 3.41. The zero-order chi connectivity index (χ0) is 19.2. The second kappa shape index (κ2) is 8.77. The van der Waals surface area contributed by atoms with Gasteiger partial charge in [-0.1, -0.05) is 18.2 Å². The number of nitro benzene ring substituents is 1. The molecule has 0 N–H and O–H groups in total. The minimum Gasteiger partial charge on any atom is -0.477 e. The predicted molar refractivity (Wildman–Crippen MR) is 106 cm³/mol. The van der Waals surface area contributed by atoms with E-state index in [4.69, 9.17) is 4.74 Å². The summed E-state index contributed by atoms with van der Waals surface area (Å²) in [4.78, 5) is 27.9. The lowest BCUT2D eigenvalue weighted by atomic mass is 10.2. The van der Waals surface area contributed by atoms with Crippen LogP contribution in [0, 0.1) is 10.1 Å². The third-order valence-electron chi connectivity index (χ3n) is 4.47. The van der Waals surface area contributed by atoms with E-state index in [-0.39, 0.29) is 24.0 Å². The third kappa shape index (κ3) is 4.71. The number of anilines is 1. The number of amides is 1. The van der Waals surface area contributed by atoms with Crippen LogP contribution in [0.3, 0.4) is 0 Å². The topological polar surface area (TPSA) is 75.9 Å². The molecule has 1 saturated heterocycles. The van der Waals surface area contributed by atoms with Crippen molar-refractivity contribution in [3.05, 3.63) is 58.6 Å². The highest BCUT2D eigenvalue weighted by Crippen LogP contribution is 2.31. The van der Waals surface area contributed by atoms with Gasteiger partial charge in [-0.3, -0.25) is 14.9 Å². The number of rotatable bonds is 6. The van der Waals surface area contributed by atoms with Gasteiger partial charge in [0.1, 0.15) is 0 Å². The van der Waals surface area contributed by atoms with Gasteiger partial charge in [0, 0.05) is 42.8 Å². The van der Waals surface area contributed by atoms with Gasteiger partial charge >= 0.3 is 5.69 Å². The number of hydrogen-bond donors (Lipinski definition) is 0. The maximum atomic E-state index is 12.4. The van der Waals surface area contributed by atoms with E-state index in [2.05, 4.69) is 17.0 Å². The molecule has 2 aromatic rings. The summed E-state index contributed by atoms with van der Waals surface area (Å²) in [7, 11) is 0.